The Hall–Kier alpha value is -1.14. The monoisotopic (exact) mass is 149 g/mol. The maximum absolute atomic E-state index is 9.99. The number of amides is 1. The molecular formula is C4H7NO5. The van der Waals surface area contributed by atoms with Gasteiger partial charge in [-0.3, -0.25) is 4.79 Å². The molecule has 5 N–H and O–H groups in total. The zero-order chi connectivity index (χ0) is 8.31. The zero-order valence-electron chi connectivity index (χ0n) is 4.89. The van der Waals surface area contributed by atoms with Crippen molar-refractivity contribution in [3.8, 4) is 0 Å². The van der Waals surface area contributed by atoms with Crippen molar-refractivity contribution in [3.05, 3.63) is 0 Å². The SMILES string of the molecule is NC(=O)[C@@H](O)[C@H](O)C(=O)O. The standard InChI is InChI=1S/C4H7NO5/c5-3(8)1(6)2(7)4(9)10/h1-2,6-7H,(H2,5,8)(H,9,10)/t1-,2-/m0/s1. The second kappa shape index (κ2) is 3.14. The molecule has 0 unspecified atom stereocenters. The van der Waals surface area contributed by atoms with Crippen molar-refractivity contribution in [2.45, 2.75) is 12.2 Å². The Balaban J connectivity index is 4.07. The van der Waals surface area contributed by atoms with Crippen LogP contribution in [0.1, 0.15) is 0 Å². The third kappa shape index (κ3) is 2.00. The molecule has 0 fully saturated rings. The normalized spacial score (nSPS) is 15.8. The highest BCUT2D eigenvalue weighted by molar-refractivity contribution is 5.86. The van der Waals surface area contributed by atoms with E-state index in [-0.39, 0.29) is 0 Å². The minimum Gasteiger partial charge on any atom is -0.479 e. The van der Waals surface area contributed by atoms with E-state index in [9.17, 15) is 9.59 Å². The fourth-order valence-electron chi connectivity index (χ4n) is 0.291. The molecule has 0 aliphatic heterocycles. The molecule has 2 atom stereocenters. The average Bonchev–Trinajstić information content (AvgIpc) is 1.84. The molecule has 10 heavy (non-hydrogen) atoms. The van der Waals surface area contributed by atoms with Crippen LogP contribution in [0.2, 0.25) is 0 Å². The van der Waals surface area contributed by atoms with Gasteiger partial charge in [0.2, 0.25) is 5.91 Å². The molecule has 58 valence electrons. The summed E-state index contributed by atoms with van der Waals surface area (Å²) in [4.78, 5) is 19.8. The summed E-state index contributed by atoms with van der Waals surface area (Å²) in [6, 6.07) is 0. The smallest absolute Gasteiger partial charge is 0.335 e. The van der Waals surface area contributed by atoms with E-state index in [0.717, 1.165) is 0 Å². The highest BCUT2D eigenvalue weighted by Gasteiger charge is 2.27. The van der Waals surface area contributed by atoms with Crippen molar-refractivity contribution in [3.63, 3.8) is 0 Å². The van der Waals surface area contributed by atoms with Crippen LogP contribution < -0.4 is 5.73 Å². The summed E-state index contributed by atoms with van der Waals surface area (Å²) in [5, 5.41) is 24.9. The highest BCUT2D eigenvalue weighted by atomic mass is 16.4. The summed E-state index contributed by atoms with van der Waals surface area (Å²) in [6.45, 7) is 0. The topological polar surface area (TPSA) is 121 Å². The van der Waals surface area contributed by atoms with Gasteiger partial charge in [0.25, 0.3) is 0 Å². The van der Waals surface area contributed by atoms with E-state index in [4.69, 9.17) is 15.3 Å². The van der Waals surface area contributed by atoms with Crippen LogP contribution in [0.25, 0.3) is 0 Å². The van der Waals surface area contributed by atoms with Crippen molar-refractivity contribution in [2.75, 3.05) is 0 Å². The van der Waals surface area contributed by atoms with E-state index in [1.165, 1.54) is 0 Å². The predicted octanol–water partition coefficient (Wildman–Crippen LogP) is -2.72. The lowest BCUT2D eigenvalue weighted by Crippen LogP contribution is -2.43. The van der Waals surface area contributed by atoms with Crippen LogP contribution in [0.15, 0.2) is 0 Å². The van der Waals surface area contributed by atoms with Gasteiger partial charge in [0.15, 0.2) is 12.2 Å². The fraction of sp³-hybridized carbons (Fsp3) is 0.500. The van der Waals surface area contributed by atoms with Crippen molar-refractivity contribution in [2.24, 2.45) is 5.73 Å². The first-order valence-corrected chi connectivity index (χ1v) is 2.35. The molecule has 0 saturated heterocycles. The number of hydrogen-bond donors (Lipinski definition) is 4. The summed E-state index contributed by atoms with van der Waals surface area (Å²) < 4.78 is 0. The first-order valence-electron chi connectivity index (χ1n) is 2.35. The maximum atomic E-state index is 9.99. The van der Waals surface area contributed by atoms with Gasteiger partial charge in [-0.1, -0.05) is 0 Å². The van der Waals surface area contributed by atoms with Gasteiger partial charge in [0, 0.05) is 0 Å². The molecule has 0 heterocycles. The molecule has 0 aromatic rings. The molecule has 0 saturated carbocycles. The molecule has 0 aliphatic carbocycles. The van der Waals surface area contributed by atoms with Crippen LogP contribution in [-0.2, 0) is 9.59 Å². The van der Waals surface area contributed by atoms with Gasteiger partial charge in [-0.2, -0.15) is 0 Å². The van der Waals surface area contributed by atoms with Crippen LogP contribution in [-0.4, -0.2) is 39.4 Å². The molecule has 0 rings (SSSR count). The number of aliphatic hydroxyl groups is 2. The molecular weight excluding hydrogens is 142 g/mol. The van der Waals surface area contributed by atoms with Crippen molar-refractivity contribution in [1.29, 1.82) is 0 Å². The van der Waals surface area contributed by atoms with Crippen LogP contribution in [0.4, 0.5) is 0 Å². The van der Waals surface area contributed by atoms with Gasteiger partial charge in [0.1, 0.15) is 0 Å². The number of carboxylic acid groups (broad SMARTS) is 1. The number of hydrogen-bond acceptors (Lipinski definition) is 4. The molecule has 0 aromatic carbocycles. The van der Waals surface area contributed by atoms with E-state index in [0.29, 0.717) is 0 Å². The number of carbonyl (C=O) groups is 2. The maximum Gasteiger partial charge on any atom is 0.335 e. The summed E-state index contributed by atoms with van der Waals surface area (Å²) in [5.74, 6) is -2.96. The zero-order valence-corrected chi connectivity index (χ0v) is 4.89. The van der Waals surface area contributed by atoms with E-state index in [1.54, 1.807) is 0 Å². The average molecular weight is 149 g/mol. The van der Waals surface area contributed by atoms with Gasteiger partial charge < -0.3 is 21.1 Å². The van der Waals surface area contributed by atoms with Gasteiger partial charge in [0.05, 0.1) is 0 Å². The first-order chi connectivity index (χ1) is 4.46. The Morgan fingerprint density at radius 2 is 1.60 bits per heavy atom. The van der Waals surface area contributed by atoms with Crippen LogP contribution in [0, 0.1) is 0 Å². The van der Waals surface area contributed by atoms with Gasteiger partial charge >= 0.3 is 5.97 Å². The summed E-state index contributed by atoms with van der Waals surface area (Å²) >= 11 is 0. The largest absolute Gasteiger partial charge is 0.479 e. The quantitative estimate of drug-likeness (QED) is 0.347. The molecule has 0 radical (unpaired) electrons. The molecule has 0 aliphatic rings. The predicted molar refractivity (Wildman–Crippen MR) is 28.8 cm³/mol. The van der Waals surface area contributed by atoms with E-state index >= 15 is 0 Å². The molecule has 1 amide bonds. The Morgan fingerprint density at radius 3 is 1.70 bits per heavy atom. The Labute approximate surface area is 55.9 Å². The minimum absolute atomic E-state index is 1.27. The number of nitrogens with two attached hydrogens (primary N) is 1. The molecule has 6 nitrogen and oxygen atoms in total. The fourth-order valence-corrected chi connectivity index (χ4v) is 0.291. The van der Waals surface area contributed by atoms with Gasteiger partial charge in [-0.25, -0.2) is 4.79 Å². The van der Waals surface area contributed by atoms with Gasteiger partial charge in [-0.05, 0) is 0 Å². The van der Waals surface area contributed by atoms with E-state index in [1.807, 2.05) is 0 Å². The lowest BCUT2D eigenvalue weighted by Gasteiger charge is -2.08. The molecule has 0 spiro atoms. The number of rotatable bonds is 3. The van der Waals surface area contributed by atoms with Crippen molar-refractivity contribution >= 4 is 11.9 Å². The number of aliphatic carboxylic acids is 1. The Bertz CT molecular complexity index is 138. The summed E-state index contributed by atoms with van der Waals surface area (Å²) in [5.41, 5.74) is 4.46. The first kappa shape index (κ1) is 8.86. The van der Waals surface area contributed by atoms with Crippen molar-refractivity contribution in [1.82, 2.24) is 0 Å². The summed E-state index contributed by atoms with van der Waals surface area (Å²) in [7, 11) is 0. The second-order valence-corrected chi connectivity index (χ2v) is 1.63. The highest BCUT2D eigenvalue weighted by Crippen LogP contribution is 1.91. The number of primary amides is 1. The second-order valence-electron chi connectivity index (χ2n) is 1.63. The third-order valence-corrected chi connectivity index (χ3v) is 0.844. The minimum atomic E-state index is -2.14. The van der Waals surface area contributed by atoms with Gasteiger partial charge in [-0.15, -0.1) is 0 Å². The van der Waals surface area contributed by atoms with Crippen LogP contribution in [0.3, 0.4) is 0 Å². The summed E-state index contributed by atoms with van der Waals surface area (Å²) in [6.07, 6.45) is -4.19. The van der Waals surface area contributed by atoms with Crippen LogP contribution in [0.5, 0.6) is 0 Å². The Morgan fingerprint density at radius 1 is 1.20 bits per heavy atom. The molecule has 0 aromatic heterocycles. The number of carbonyl (C=O) groups excluding carboxylic acids is 1. The number of aliphatic hydroxyl groups excluding tert-OH is 2. The third-order valence-electron chi connectivity index (χ3n) is 0.844. The Kier molecular flexibility index (Phi) is 2.78. The van der Waals surface area contributed by atoms with E-state index in [2.05, 4.69) is 5.73 Å². The van der Waals surface area contributed by atoms with Crippen LogP contribution >= 0.6 is 0 Å². The lowest BCUT2D eigenvalue weighted by molar-refractivity contribution is -0.157. The molecule has 0 bridgehead atoms. The van der Waals surface area contributed by atoms with Crippen molar-refractivity contribution < 1.29 is 24.9 Å². The van der Waals surface area contributed by atoms with E-state index < -0.39 is 24.1 Å². The molecule has 6 heteroatoms. The number of carboxylic acids is 1. The lowest BCUT2D eigenvalue weighted by atomic mass is 10.2.